The second kappa shape index (κ2) is 3.82. The van der Waals surface area contributed by atoms with Gasteiger partial charge in [0.15, 0.2) is 0 Å². The second-order valence-corrected chi connectivity index (χ2v) is 2.97. The lowest BCUT2D eigenvalue weighted by atomic mass is 10.4. The number of rotatable bonds is 2. The van der Waals surface area contributed by atoms with Crippen LogP contribution in [0.3, 0.4) is 0 Å². The standard InChI is InChI=1S/C6H8IN3/c1-8-2-5-3-10-6(7)4-9-5/h3-4,8H,2H2,1H3. The highest BCUT2D eigenvalue weighted by Gasteiger charge is 1.91. The molecule has 0 atom stereocenters. The van der Waals surface area contributed by atoms with Crippen LogP contribution >= 0.6 is 22.6 Å². The predicted molar refractivity (Wildman–Crippen MR) is 47.5 cm³/mol. The third kappa shape index (κ3) is 2.18. The average Bonchev–Trinajstić information content (AvgIpc) is 1.95. The van der Waals surface area contributed by atoms with Gasteiger partial charge in [-0.3, -0.25) is 4.98 Å². The third-order valence-corrected chi connectivity index (χ3v) is 1.59. The maximum atomic E-state index is 4.14. The maximum absolute atomic E-state index is 4.14. The van der Waals surface area contributed by atoms with Crippen LogP contribution < -0.4 is 5.32 Å². The Morgan fingerprint density at radius 1 is 1.50 bits per heavy atom. The minimum atomic E-state index is 0.782. The molecule has 0 fully saturated rings. The van der Waals surface area contributed by atoms with E-state index in [1.807, 2.05) is 7.05 Å². The van der Waals surface area contributed by atoms with Crippen molar-refractivity contribution in [1.29, 1.82) is 0 Å². The lowest BCUT2D eigenvalue weighted by Crippen LogP contribution is -2.07. The molecule has 1 aromatic rings. The van der Waals surface area contributed by atoms with Crippen LogP contribution in [0.15, 0.2) is 12.4 Å². The van der Waals surface area contributed by atoms with E-state index in [0.717, 1.165) is 15.9 Å². The van der Waals surface area contributed by atoms with Gasteiger partial charge in [-0.05, 0) is 29.6 Å². The first-order valence-electron chi connectivity index (χ1n) is 2.94. The van der Waals surface area contributed by atoms with Gasteiger partial charge in [0.25, 0.3) is 0 Å². The molecule has 10 heavy (non-hydrogen) atoms. The fourth-order valence-electron chi connectivity index (χ4n) is 0.611. The van der Waals surface area contributed by atoms with Crippen molar-refractivity contribution in [2.75, 3.05) is 7.05 Å². The van der Waals surface area contributed by atoms with Crippen LogP contribution in [0.1, 0.15) is 5.69 Å². The molecule has 1 heterocycles. The minimum Gasteiger partial charge on any atom is -0.314 e. The third-order valence-electron chi connectivity index (χ3n) is 1.03. The average molecular weight is 249 g/mol. The largest absolute Gasteiger partial charge is 0.314 e. The van der Waals surface area contributed by atoms with Gasteiger partial charge in [0, 0.05) is 6.54 Å². The lowest BCUT2D eigenvalue weighted by molar-refractivity contribution is 0.782. The summed E-state index contributed by atoms with van der Waals surface area (Å²) in [4.78, 5) is 8.22. The van der Waals surface area contributed by atoms with Crippen LogP contribution in [-0.2, 0) is 6.54 Å². The van der Waals surface area contributed by atoms with Gasteiger partial charge < -0.3 is 5.32 Å². The van der Waals surface area contributed by atoms with Crippen molar-refractivity contribution in [2.24, 2.45) is 0 Å². The fraction of sp³-hybridized carbons (Fsp3) is 0.333. The molecule has 0 spiro atoms. The van der Waals surface area contributed by atoms with Gasteiger partial charge in [0.1, 0.15) is 3.70 Å². The first-order valence-corrected chi connectivity index (χ1v) is 4.02. The molecule has 0 saturated carbocycles. The summed E-state index contributed by atoms with van der Waals surface area (Å²) in [6, 6.07) is 0. The van der Waals surface area contributed by atoms with Gasteiger partial charge in [-0.2, -0.15) is 0 Å². The van der Waals surface area contributed by atoms with Crippen LogP contribution in [-0.4, -0.2) is 17.0 Å². The monoisotopic (exact) mass is 249 g/mol. The molecular weight excluding hydrogens is 241 g/mol. The van der Waals surface area contributed by atoms with E-state index in [4.69, 9.17) is 0 Å². The Bertz CT molecular complexity index is 197. The van der Waals surface area contributed by atoms with Crippen molar-refractivity contribution in [2.45, 2.75) is 6.54 Å². The summed E-state index contributed by atoms with van der Waals surface area (Å²) in [6.07, 6.45) is 3.53. The lowest BCUT2D eigenvalue weighted by Gasteiger charge is -1.96. The highest BCUT2D eigenvalue weighted by molar-refractivity contribution is 14.1. The van der Waals surface area contributed by atoms with Crippen LogP contribution in [0.2, 0.25) is 0 Å². The minimum absolute atomic E-state index is 0.782. The number of nitrogens with zero attached hydrogens (tertiary/aromatic N) is 2. The number of aromatic nitrogens is 2. The van der Waals surface area contributed by atoms with Crippen molar-refractivity contribution >= 4 is 22.6 Å². The highest BCUT2D eigenvalue weighted by Crippen LogP contribution is 1.97. The summed E-state index contributed by atoms with van der Waals surface area (Å²) in [5.74, 6) is 0. The first-order chi connectivity index (χ1) is 4.83. The molecule has 0 aliphatic heterocycles. The normalized spacial score (nSPS) is 9.80. The zero-order valence-corrected chi connectivity index (χ0v) is 7.79. The fourth-order valence-corrected chi connectivity index (χ4v) is 0.890. The quantitative estimate of drug-likeness (QED) is 0.788. The molecule has 3 nitrogen and oxygen atoms in total. The van der Waals surface area contributed by atoms with E-state index in [-0.39, 0.29) is 0 Å². The molecule has 0 radical (unpaired) electrons. The Labute approximate surface area is 73.4 Å². The van der Waals surface area contributed by atoms with Crippen molar-refractivity contribution in [3.63, 3.8) is 0 Å². The van der Waals surface area contributed by atoms with Gasteiger partial charge in [0.2, 0.25) is 0 Å². The van der Waals surface area contributed by atoms with Crippen LogP contribution in [0.5, 0.6) is 0 Å². The maximum Gasteiger partial charge on any atom is 0.119 e. The Morgan fingerprint density at radius 3 is 2.80 bits per heavy atom. The van der Waals surface area contributed by atoms with Gasteiger partial charge in [-0.1, -0.05) is 0 Å². The van der Waals surface area contributed by atoms with Crippen LogP contribution in [0.25, 0.3) is 0 Å². The van der Waals surface area contributed by atoms with E-state index in [1.54, 1.807) is 12.4 Å². The molecule has 0 unspecified atom stereocenters. The molecule has 1 rings (SSSR count). The SMILES string of the molecule is CNCc1cnc(I)cn1. The molecule has 4 heteroatoms. The molecule has 54 valence electrons. The molecule has 0 amide bonds. The van der Waals surface area contributed by atoms with Crippen molar-refractivity contribution in [3.8, 4) is 0 Å². The van der Waals surface area contributed by atoms with Gasteiger partial charge in [-0.15, -0.1) is 0 Å². The number of hydrogen-bond acceptors (Lipinski definition) is 3. The summed E-state index contributed by atoms with van der Waals surface area (Å²) >= 11 is 2.13. The van der Waals surface area contributed by atoms with Crippen molar-refractivity contribution < 1.29 is 0 Å². The molecule has 1 N–H and O–H groups in total. The van der Waals surface area contributed by atoms with Gasteiger partial charge in [0.05, 0.1) is 18.1 Å². The summed E-state index contributed by atoms with van der Waals surface area (Å²) < 4.78 is 0.928. The summed E-state index contributed by atoms with van der Waals surface area (Å²) in [5, 5.41) is 3.00. The Morgan fingerprint density at radius 2 is 2.30 bits per heavy atom. The van der Waals surface area contributed by atoms with Crippen molar-refractivity contribution in [3.05, 3.63) is 21.8 Å². The highest BCUT2D eigenvalue weighted by atomic mass is 127. The number of nitrogens with one attached hydrogen (secondary N) is 1. The first kappa shape index (κ1) is 7.87. The Hall–Kier alpha value is -0.230. The van der Waals surface area contributed by atoms with E-state index >= 15 is 0 Å². The van der Waals surface area contributed by atoms with E-state index in [0.29, 0.717) is 0 Å². The van der Waals surface area contributed by atoms with E-state index < -0.39 is 0 Å². The molecule has 0 aliphatic rings. The van der Waals surface area contributed by atoms with Gasteiger partial charge >= 0.3 is 0 Å². The summed E-state index contributed by atoms with van der Waals surface area (Å²) in [5.41, 5.74) is 0.975. The molecule has 0 bridgehead atoms. The van der Waals surface area contributed by atoms with Crippen LogP contribution in [0.4, 0.5) is 0 Å². The number of hydrogen-bond donors (Lipinski definition) is 1. The van der Waals surface area contributed by atoms with E-state index in [1.165, 1.54) is 0 Å². The molecule has 0 aliphatic carbocycles. The summed E-state index contributed by atoms with van der Waals surface area (Å²) in [7, 11) is 1.89. The topological polar surface area (TPSA) is 37.8 Å². The molecule has 1 aromatic heterocycles. The second-order valence-electron chi connectivity index (χ2n) is 1.86. The Balaban J connectivity index is 2.69. The zero-order chi connectivity index (χ0) is 7.40. The van der Waals surface area contributed by atoms with Crippen LogP contribution in [0, 0.1) is 3.70 Å². The van der Waals surface area contributed by atoms with E-state index in [2.05, 4.69) is 37.9 Å². The predicted octanol–water partition coefficient (Wildman–Crippen LogP) is 0.801. The molecular formula is C6H8IN3. The molecule has 0 saturated heterocycles. The molecule has 0 aromatic carbocycles. The summed E-state index contributed by atoms with van der Waals surface area (Å²) in [6.45, 7) is 0.782. The Kier molecular flexibility index (Phi) is 3.01. The number of halogens is 1. The smallest absolute Gasteiger partial charge is 0.119 e. The van der Waals surface area contributed by atoms with Gasteiger partial charge in [-0.25, -0.2) is 4.98 Å². The van der Waals surface area contributed by atoms with Crippen molar-refractivity contribution in [1.82, 2.24) is 15.3 Å². The van der Waals surface area contributed by atoms with E-state index in [9.17, 15) is 0 Å². The zero-order valence-electron chi connectivity index (χ0n) is 5.63.